The van der Waals surface area contributed by atoms with E-state index in [0.29, 0.717) is 6.42 Å². The summed E-state index contributed by atoms with van der Waals surface area (Å²) in [6.07, 6.45) is 4.19. The van der Waals surface area contributed by atoms with Crippen molar-refractivity contribution in [3.8, 4) is 0 Å². The number of carboxylic acid groups (broad SMARTS) is 1. The van der Waals surface area contributed by atoms with E-state index in [4.69, 9.17) is 5.11 Å². The molecule has 0 aromatic carbocycles. The number of aliphatic hydroxyl groups excluding tert-OH is 1. The molecule has 1 fully saturated rings. The van der Waals surface area contributed by atoms with Gasteiger partial charge in [-0.05, 0) is 18.8 Å². The van der Waals surface area contributed by atoms with Crippen molar-refractivity contribution in [2.24, 2.45) is 5.92 Å². The number of nitrogens with zero attached hydrogens (tertiary/aromatic N) is 2. The Morgan fingerprint density at radius 1 is 1.50 bits per heavy atom. The topological polar surface area (TPSA) is 122 Å². The van der Waals surface area contributed by atoms with Gasteiger partial charge in [0.2, 0.25) is 10.0 Å². The Labute approximate surface area is 116 Å². The summed E-state index contributed by atoms with van der Waals surface area (Å²) in [6.45, 7) is -0.218. The molecule has 9 heteroatoms. The third-order valence-corrected chi connectivity index (χ3v) is 4.75. The summed E-state index contributed by atoms with van der Waals surface area (Å²) >= 11 is 0. The number of hydrogen-bond acceptors (Lipinski definition) is 5. The molecular weight excluding hydrogens is 286 g/mol. The molecule has 1 aliphatic carbocycles. The number of sulfonamides is 1. The number of aromatic nitrogens is 2. The molecule has 2 atom stereocenters. The van der Waals surface area contributed by atoms with Crippen molar-refractivity contribution >= 4 is 16.0 Å². The van der Waals surface area contributed by atoms with E-state index in [1.807, 2.05) is 0 Å². The highest BCUT2D eigenvalue weighted by Crippen LogP contribution is 2.25. The van der Waals surface area contributed by atoms with Crippen molar-refractivity contribution in [3.05, 3.63) is 12.4 Å². The maximum Gasteiger partial charge on any atom is 0.325 e. The summed E-state index contributed by atoms with van der Waals surface area (Å²) in [7, 11) is -3.72. The lowest BCUT2D eigenvalue weighted by atomic mass is 10.1. The second-order valence-electron chi connectivity index (χ2n) is 4.88. The van der Waals surface area contributed by atoms with E-state index >= 15 is 0 Å². The summed E-state index contributed by atoms with van der Waals surface area (Å²) in [5.41, 5.74) is 0. The lowest BCUT2D eigenvalue weighted by molar-refractivity contribution is -0.137. The Kier molecular flexibility index (Phi) is 4.41. The van der Waals surface area contributed by atoms with Gasteiger partial charge in [-0.15, -0.1) is 0 Å². The fourth-order valence-corrected chi connectivity index (χ4v) is 3.31. The number of carboxylic acids is 1. The van der Waals surface area contributed by atoms with Gasteiger partial charge in [-0.1, -0.05) is 6.42 Å². The zero-order chi connectivity index (χ0) is 14.8. The summed E-state index contributed by atoms with van der Waals surface area (Å²) in [5, 5.41) is 21.9. The second kappa shape index (κ2) is 5.90. The molecule has 2 rings (SSSR count). The van der Waals surface area contributed by atoms with Crippen LogP contribution < -0.4 is 4.72 Å². The third-order valence-electron chi connectivity index (χ3n) is 3.37. The molecule has 1 aromatic heterocycles. The minimum absolute atomic E-state index is 0.0705. The predicted molar refractivity (Wildman–Crippen MR) is 68.4 cm³/mol. The zero-order valence-electron chi connectivity index (χ0n) is 10.8. The van der Waals surface area contributed by atoms with E-state index in [1.54, 1.807) is 0 Å². The predicted octanol–water partition coefficient (Wildman–Crippen LogP) is -0.593. The van der Waals surface area contributed by atoms with E-state index in [9.17, 15) is 18.3 Å². The molecule has 20 heavy (non-hydrogen) atoms. The second-order valence-corrected chi connectivity index (χ2v) is 6.64. The SMILES string of the molecule is O=C(O)Cn1cc(S(=O)(=O)NCC2CCCC2O)cn1. The lowest BCUT2D eigenvalue weighted by Crippen LogP contribution is -2.32. The summed E-state index contributed by atoms with van der Waals surface area (Å²) in [5.74, 6) is -1.17. The molecule has 8 nitrogen and oxygen atoms in total. The van der Waals surface area contributed by atoms with E-state index in [2.05, 4.69) is 9.82 Å². The van der Waals surface area contributed by atoms with Crippen LogP contribution in [-0.2, 0) is 21.4 Å². The summed E-state index contributed by atoms with van der Waals surface area (Å²) < 4.78 is 27.5. The maximum absolute atomic E-state index is 12.0. The Hall–Kier alpha value is -1.45. The smallest absolute Gasteiger partial charge is 0.325 e. The fraction of sp³-hybridized carbons (Fsp3) is 0.636. The van der Waals surface area contributed by atoms with Crippen molar-refractivity contribution in [3.63, 3.8) is 0 Å². The molecule has 1 aliphatic rings. The van der Waals surface area contributed by atoms with Gasteiger partial charge in [0.15, 0.2) is 0 Å². The Bertz CT molecular complexity index is 583. The van der Waals surface area contributed by atoms with Gasteiger partial charge in [-0.3, -0.25) is 9.48 Å². The first kappa shape index (κ1) is 14.9. The molecule has 3 N–H and O–H groups in total. The first-order valence-electron chi connectivity index (χ1n) is 6.30. The van der Waals surface area contributed by atoms with Crippen molar-refractivity contribution in [2.45, 2.75) is 36.8 Å². The van der Waals surface area contributed by atoms with Crippen LogP contribution >= 0.6 is 0 Å². The van der Waals surface area contributed by atoms with Crippen molar-refractivity contribution < 1.29 is 23.4 Å². The monoisotopic (exact) mass is 303 g/mol. The quantitative estimate of drug-likeness (QED) is 0.645. The molecule has 112 valence electrons. The molecule has 2 unspecified atom stereocenters. The zero-order valence-corrected chi connectivity index (χ0v) is 11.6. The first-order valence-corrected chi connectivity index (χ1v) is 7.79. The van der Waals surface area contributed by atoms with Crippen LogP contribution in [0.25, 0.3) is 0 Å². The van der Waals surface area contributed by atoms with Gasteiger partial charge in [0.25, 0.3) is 0 Å². The van der Waals surface area contributed by atoms with E-state index < -0.39 is 28.6 Å². The molecule has 0 amide bonds. The molecule has 0 radical (unpaired) electrons. The molecule has 1 aromatic rings. The Morgan fingerprint density at radius 2 is 2.25 bits per heavy atom. The average Bonchev–Trinajstić information content (AvgIpc) is 2.95. The molecule has 0 saturated heterocycles. The van der Waals surface area contributed by atoms with Crippen LogP contribution in [0.4, 0.5) is 0 Å². The van der Waals surface area contributed by atoms with Crippen molar-refractivity contribution in [2.75, 3.05) is 6.54 Å². The number of aliphatic hydroxyl groups is 1. The van der Waals surface area contributed by atoms with Crippen LogP contribution in [0.5, 0.6) is 0 Å². The normalized spacial score (nSPS) is 23.1. The van der Waals surface area contributed by atoms with E-state index in [0.717, 1.165) is 23.7 Å². The van der Waals surface area contributed by atoms with Crippen molar-refractivity contribution in [1.82, 2.24) is 14.5 Å². The van der Waals surface area contributed by atoms with Crippen LogP contribution in [0, 0.1) is 5.92 Å². The summed E-state index contributed by atoms with van der Waals surface area (Å²) in [4.78, 5) is 10.4. The highest BCUT2D eigenvalue weighted by Gasteiger charge is 2.27. The lowest BCUT2D eigenvalue weighted by Gasteiger charge is -2.14. The van der Waals surface area contributed by atoms with Gasteiger partial charge in [-0.2, -0.15) is 5.10 Å². The third kappa shape index (κ3) is 3.56. The van der Waals surface area contributed by atoms with E-state index in [-0.39, 0.29) is 17.4 Å². The van der Waals surface area contributed by atoms with Crippen LogP contribution in [0.2, 0.25) is 0 Å². The van der Waals surface area contributed by atoms with Gasteiger partial charge in [0.1, 0.15) is 11.4 Å². The average molecular weight is 303 g/mol. The number of rotatable bonds is 6. The Balaban J connectivity index is 1.99. The van der Waals surface area contributed by atoms with Gasteiger partial charge in [-0.25, -0.2) is 13.1 Å². The van der Waals surface area contributed by atoms with Gasteiger partial charge in [0.05, 0.1) is 12.3 Å². The molecule has 0 spiro atoms. The van der Waals surface area contributed by atoms with Crippen LogP contribution in [0.15, 0.2) is 17.3 Å². The number of carbonyl (C=O) groups is 1. The van der Waals surface area contributed by atoms with Gasteiger partial charge in [0, 0.05) is 12.7 Å². The number of nitrogens with one attached hydrogen (secondary N) is 1. The minimum Gasteiger partial charge on any atom is -0.480 e. The molecular formula is C11H17N3O5S. The standard InChI is InChI=1S/C11H17N3O5S/c15-10-3-1-2-8(10)4-13-20(18,19)9-5-12-14(6-9)7-11(16)17/h5-6,8,10,13,15H,1-4,7H2,(H,16,17). The van der Waals surface area contributed by atoms with Crippen LogP contribution in [0.1, 0.15) is 19.3 Å². The number of aliphatic carboxylic acids is 1. The molecule has 0 bridgehead atoms. The van der Waals surface area contributed by atoms with Gasteiger partial charge < -0.3 is 10.2 Å². The van der Waals surface area contributed by atoms with E-state index in [1.165, 1.54) is 6.20 Å². The molecule has 1 heterocycles. The fourth-order valence-electron chi connectivity index (χ4n) is 2.26. The summed E-state index contributed by atoms with van der Waals surface area (Å²) in [6, 6.07) is 0. The molecule has 1 saturated carbocycles. The minimum atomic E-state index is -3.72. The van der Waals surface area contributed by atoms with Crippen molar-refractivity contribution in [1.29, 1.82) is 0 Å². The molecule has 0 aliphatic heterocycles. The van der Waals surface area contributed by atoms with Crippen LogP contribution in [0.3, 0.4) is 0 Å². The number of hydrogen-bond donors (Lipinski definition) is 3. The first-order chi connectivity index (χ1) is 9.38. The highest BCUT2D eigenvalue weighted by molar-refractivity contribution is 7.89. The largest absolute Gasteiger partial charge is 0.480 e. The van der Waals surface area contributed by atoms with Gasteiger partial charge >= 0.3 is 5.97 Å². The van der Waals surface area contributed by atoms with Crippen LogP contribution in [-0.4, -0.2) is 47.0 Å². The highest BCUT2D eigenvalue weighted by atomic mass is 32.2. The maximum atomic E-state index is 12.0. The Morgan fingerprint density at radius 3 is 2.85 bits per heavy atom.